The Morgan fingerprint density at radius 2 is 1.92 bits per heavy atom. The van der Waals surface area contributed by atoms with Gasteiger partial charge in [0.05, 0.1) is 0 Å². The van der Waals surface area contributed by atoms with Gasteiger partial charge in [0.2, 0.25) is 0 Å². The monoisotopic (exact) mass is 197 g/mol. The largest absolute Gasteiger partial charge is 0.388 e. The van der Waals surface area contributed by atoms with Crippen LogP contribution in [0.2, 0.25) is 0 Å². The number of quaternary nitrogens is 1. The van der Waals surface area contributed by atoms with Crippen LogP contribution in [0.3, 0.4) is 0 Å². The molecule has 0 aromatic heterocycles. The summed E-state index contributed by atoms with van der Waals surface area (Å²) >= 11 is 4.33. The average Bonchev–Trinajstić information content (AvgIpc) is 1.99. The molecule has 12 heavy (non-hydrogen) atoms. The molecule has 0 unspecified atom stereocenters. The third-order valence-corrected chi connectivity index (χ3v) is 1.76. The van der Waals surface area contributed by atoms with Gasteiger partial charge in [0, 0.05) is 23.4 Å². The van der Waals surface area contributed by atoms with Crippen molar-refractivity contribution < 1.29 is 25.6 Å². The van der Waals surface area contributed by atoms with Gasteiger partial charge in [0.1, 0.15) is 0 Å². The smallest absolute Gasteiger partial charge is 0.259 e. The Morgan fingerprint density at radius 1 is 1.42 bits per heavy atom. The minimum Gasteiger partial charge on any atom is -0.259 e. The van der Waals surface area contributed by atoms with Crippen LogP contribution in [0.1, 0.15) is 19.8 Å². The van der Waals surface area contributed by atoms with E-state index in [0.717, 1.165) is 6.42 Å². The van der Waals surface area contributed by atoms with Gasteiger partial charge < -0.3 is 0 Å². The first-order chi connectivity index (χ1) is 5.41. The lowest BCUT2D eigenvalue weighted by Gasteiger charge is -2.21. The predicted molar refractivity (Wildman–Crippen MR) is 41.6 cm³/mol. The second-order valence-corrected chi connectivity index (χ2v) is 2.74. The van der Waals surface area contributed by atoms with Crippen LogP contribution in [0.5, 0.6) is 0 Å². The number of rotatable bonds is 3. The number of thiocarbonyl (C=S) groups is 1. The Labute approximate surface area is 75.3 Å². The highest BCUT2D eigenvalue weighted by Gasteiger charge is 2.33. The van der Waals surface area contributed by atoms with Crippen molar-refractivity contribution in [1.29, 1.82) is 0 Å². The summed E-state index contributed by atoms with van der Waals surface area (Å²) in [5.41, 5.74) is 0. The summed E-state index contributed by atoms with van der Waals surface area (Å²) in [7, 11) is 0. The van der Waals surface area contributed by atoms with E-state index < -0.39 is 15.1 Å². The van der Waals surface area contributed by atoms with Crippen molar-refractivity contribution in [3.05, 3.63) is 0 Å². The first-order valence-electron chi connectivity index (χ1n) is 3.47. The predicted octanol–water partition coefficient (Wildman–Crippen LogP) is 0.747. The topological polar surface area (TPSA) is 84.2 Å². The summed E-state index contributed by atoms with van der Waals surface area (Å²) < 4.78 is 0. The third kappa shape index (κ3) is 3.39. The molecule has 6 nitrogen and oxygen atoms in total. The van der Waals surface area contributed by atoms with Gasteiger partial charge in [-0.05, 0) is 0 Å². The van der Waals surface area contributed by atoms with E-state index in [1.54, 1.807) is 0 Å². The summed E-state index contributed by atoms with van der Waals surface area (Å²) in [4.78, 5) is -1.67. The Morgan fingerprint density at radius 3 is 2.25 bits per heavy atom. The average molecular weight is 197 g/mol. The standard InChI is InChI=1S/C5H13N2O4S/c1-2-3-4-7(10,11)5(12)6(8)9/h8-11H,2-4H2,1H3/q+1. The maximum absolute atomic E-state index is 9.07. The molecule has 72 valence electrons. The van der Waals surface area contributed by atoms with E-state index in [1.807, 2.05) is 6.92 Å². The molecule has 0 aliphatic rings. The second-order valence-electron chi connectivity index (χ2n) is 2.38. The molecule has 0 bridgehead atoms. The molecule has 4 N–H and O–H groups in total. The minimum absolute atomic E-state index is 0.0764. The van der Waals surface area contributed by atoms with E-state index in [4.69, 9.17) is 20.8 Å². The van der Waals surface area contributed by atoms with Gasteiger partial charge >= 0.3 is 5.11 Å². The molecular formula is C5H13N2O4S+. The number of nitrogens with zero attached hydrogens (tertiary/aromatic N) is 2. The summed E-state index contributed by atoms with van der Waals surface area (Å²) in [6, 6.07) is 0. The Balaban J connectivity index is 4.09. The van der Waals surface area contributed by atoms with Crippen LogP contribution < -0.4 is 0 Å². The van der Waals surface area contributed by atoms with E-state index in [2.05, 4.69) is 12.2 Å². The number of hydroxylamine groups is 6. The summed E-state index contributed by atoms with van der Waals surface area (Å²) in [6.45, 7) is 1.78. The molecule has 0 saturated heterocycles. The zero-order chi connectivity index (χ0) is 9.78. The second kappa shape index (κ2) is 4.65. The molecule has 0 fully saturated rings. The Hall–Kier alpha value is -0.310. The fourth-order valence-electron chi connectivity index (χ4n) is 0.617. The van der Waals surface area contributed by atoms with Crippen LogP contribution in [-0.4, -0.2) is 42.5 Å². The van der Waals surface area contributed by atoms with Crippen LogP contribution >= 0.6 is 12.2 Å². The highest BCUT2D eigenvalue weighted by Crippen LogP contribution is 2.04. The van der Waals surface area contributed by atoms with Gasteiger partial charge in [0.25, 0.3) is 0 Å². The quantitative estimate of drug-likeness (QED) is 0.303. The minimum atomic E-state index is -1.67. The van der Waals surface area contributed by atoms with Crippen molar-refractivity contribution in [2.45, 2.75) is 19.8 Å². The van der Waals surface area contributed by atoms with Gasteiger partial charge in [-0.25, -0.2) is 0 Å². The van der Waals surface area contributed by atoms with E-state index in [1.165, 1.54) is 0 Å². The molecule has 0 aliphatic carbocycles. The van der Waals surface area contributed by atoms with Crippen molar-refractivity contribution >= 4 is 17.3 Å². The SMILES string of the molecule is CCCC[N+](O)(O)C(=S)N(O)O. The van der Waals surface area contributed by atoms with Gasteiger partial charge in [-0.15, -0.1) is 0 Å². The fraction of sp³-hybridized carbons (Fsp3) is 0.800. The Bertz CT molecular complexity index is 162. The lowest BCUT2D eigenvalue weighted by atomic mass is 10.3. The van der Waals surface area contributed by atoms with E-state index in [9.17, 15) is 0 Å². The zero-order valence-corrected chi connectivity index (χ0v) is 7.53. The molecule has 7 heteroatoms. The van der Waals surface area contributed by atoms with Gasteiger partial charge in [-0.2, -0.15) is 10.4 Å². The first kappa shape index (κ1) is 11.7. The van der Waals surface area contributed by atoms with Crippen LogP contribution in [0.25, 0.3) is 0 Å². The van der Waals surface area contributed by atoms with Crippen molar-refractivity contribution in [3.8, 4) is 0 Å². The lowest BCUT2D eigenvalue weighted by molar-refractivity contribution is -1.19. The Kier molecular flexibility index (Phi) is 4.53. The lowest BCUT2D eigenvalue weighted by Crippen LogP contribution is -2.52. The fourth-order valence-corrected chi connectivity index (χ4v) is 0.709. The first-order valence-corrected chi connectivity index (χ1v) is 3.88. The summed E-state index contributed by atoms with van der Waals surface area (Å²) in [5.74, 6) is 0. The zero-order valence-electron chi connectivity index (χ0n) is 6.71. The highest BCUT2D eigenvalue weighted by atomic mass is 32.1. The van der Waals surface area contributed by atoms with E-state index in [-0.39, 0.29) is 6.54 Å². The van der Waals surface area contributed by atoms with Gasteiger partial charge in [-0.3, -0.25) is 10.4 Å². The number of hydrogen-bond donors (Lipinski definition) is 4. The molecule has 0 rings (SSSR count). The highest BCUT2D eigenvalue weighted by molar-refractivity contribution is 7.79. The summed E-state index contributed by atoms with van der Waals surface area (Å²) in [6.07, 6.45) is 1.27. The summed E-state index contributed by atoms with van der Waals surface area (Å²) in [5, 5.41) is 33.6. The van der Waals surface area contributed by atoms with Crippen LogP contribution in [0, 0.1) is 0 Å². The molecule has 0 spiro atoms. The van der Waals surface area contributed by atoms with E-state index in [0.29, 0.717) is 6.42 Å². The van der Waals surface area contributed by atoms with Crippen LogP contribution in [0.15, 0.2) is 0 Å². The molecule has 0 aliphatic heterocycles. The van der Waals surface area contributed by atoms with Crippen molar-refractivity contribution in [2.75, 3.05) is 6.54 Å². The maximum Gasteiger partial charge on any atom is 0.388 e. The molecule has 0 aromatic rings. The van der Waals surface area contributed by atoms with E-state index >= 15 is 0 Å². The molecule has 0 saturated carbocycles. The number of hydrogen-bond acceptors (Lipinski definition) is 5. The maximum atomic E-state index is 9.07. The third-order valence-electron chi connectivity index (χ3n) is 1.30. The van der Waals surface area contributed by atoms with Crippen molar-refractivity contribution in [3.63, 3.8) is 0 Å². The van der Waals surface area contributed by atoms with Crippen molar-refractivity contribution in [2.24, 2.45) is 0 Å². The molecule has 0 heterocycles. The number of unbranched alkanes of at least 4 members (excludes halogenated alkanes) is 1. The normalized spacial score (nSPS) is 11.4. The van der Waals surface area contributed by atoms with Crippen LogP contribution in [0.4, 0.5) is 0 Å². The van der Waals surface area contributed by atoms with Crippen molar-refractivity contribution in [1.82, 2.24) is 5.23 Å². The van der Waals surface area contributed by atoms with Gasteiger partial charge in [-0.1, -0.05) is 18.6 Å². The molecule has 0 aromatic carbocycles. The molecular weight excluding hydrogens is 184 g/mol. The van der Waals surface area contributed by atoms with Gasteiger partial charge in [0.15, 0.2) is 6.54 Å². The molecule has 0 atom stereocenters. The van der Waals surface area contributed by atoms with Crippen LogP contribution in [-0.2, 0) is 0 Å². The molecule has 0 radical (unpaired) electrons. The molecule has 0 amide bonds.